The molecule has 2 spiro atoms. The SMILES string of the molecule is C[C@@H]([C@@H]1COC2(CCCCO2)C2(CCCCO2)O1)[C@H](NC(=O)OCc1cccc2c1Cc1ccccc1-2)C(=O)O. The summed E-state index contributed by atoms with van der Waals surface area (Å²) >= 11 is 0. The number of rotatable bonds is 6. The minimum Gasteiger partial charge on any atom is -0.480 e. The summed E-state index contributed by atoms with van der Waals surface area (Å²) in [6.45, 7) is 3.02. The average Bonchev–Trinajstić information content (AvgIpc) is 3.36. The molecule has 9 heteroatoms. The highest BCUT2D eigenvalue weighted by atomic mass is 16.8. The van der Waals surface area contributed by atoms with Gasteiger partial charge in [0, 0.05) is 18.8 Å². The number of hydrogen-bond donors (Lipinski definition) is 2. The molecule has 5 atom stereocenters. The molecule has 0 radical (unpaired) electrons. The van der Waals surface area contributed by atoms with Gasteiger partial charge in [-0.1, -0.05) is 49.4 Å². The zero-order chi connectivity index (χ0) is 27.7. The van der Waals surface area contributed by atoms with E-state index in [0.717, 1.165) is 48.8 Å². The summed E-state index contributed by atoms with van der Waals surface area (Å²) in [6.07, 6.45) is 4.34. The van der Waals surface area contributed by atoms with Gasteiger partial charge in [-0.25, -0.2) is 9.59 Å². The van der Waals surface area contributed by atoms with E-state index >= 15 is 0 Å². The van der Waals surface area contributed by atoms with Crippen molar-refractivity contribution in [1.29, 1.82) is 0 Å². The average molecular weight is 552 g/mol. The number of aliphatic carboxylic acids is 1. The zero-order valence-electron chi connectivity index (χ0n) is 22.9. The molecule has 0 bridgehead atoms. The monoisotopic (exact) mass is 551 g/mol. The van der Waals surface area contributed by atoms with Gasteiger partial charge in [-0.3, -0.25) is 0 Å². The van der Waals surface area contributed by atoms with E-state index in [2.05, 4.69) is 23.5 Å². The first-order valence-corrected chi connectivity index (χ1v) is 14.4. The van der Waals surface area contributed by atoms with Crippen LogP contribution in [0.3, 0.4) is 0 Å². The minimum atomic E-state index is -1.24. The number of hydrogen-bond acceptors (Lipinski definition) is 7. The van der Waals surface area contributed by atoms with Crippen LogP contribution in [-0.4, -0.2) is 60.7 Å². The van der Waals surface area contributed by atoms with Crippen LogP contribution in [0.1, 0.15) is 62.1 Å². The topological polar surface area (TPSA) is 113 Å². The first kappa shape index (κ1) is 27.2. The minimum absolute atomic E-state index is 0.0452. The first-order valence-electron chi connectivity index (χ1n) is 14.4. The smallest absolute Gasteiger partial charge is 0.408 e. The van der Waals surface area contributed by atoms with Crippen molar-refractivity contribution in [3.05, 3.63) is 59.2 Å². The molecule has 2 unspecified atom stereocenters. The van der Waals surface area contributed by atoms with E-state index in [4.69, 9.17) is 23.7 Å². The van der Waals surface area contributed by atoms with Crippen molar-refractivity contribution < 1.29 is 38.4 Å². The third kappa shape index (κ3) is 4.89. The van der Waals surface area contributed by atoms with Crippen LogP contribution in [0.4, 0.5) is 4.79 Å². The zero-order valence-corrected chi connectivity index (χ0v) is 22.9. The van der Waals surface area contributed by atoms with Gasteiger partial charge in [0.2, 0.25) is 11.6 Å². The summed E-state index contributed by atoms with van der Waals surface area (Å²) in [6, 6.07) is 13.0. The maximum atomic E-state index is 12.9. The molecule has 1 aliphatic carbocycles. The quantitative estimate of drug-likeness (QED) is 0.450. The van der Waals surface area contributed by atoms with E-state index in [1.54, 1.807) is 6.92 Å². The van der Waals surface area contributed by atoms with Crippen LogP contribution in [0.2, 0.25) is 0 Å². The number of carboxylic acid groups (broad SMARTS) is 1. The van der Waals surface area contributed by atoms with E-state index in [-0.39, 0.29) is 13.2 Å². The molecule has 3 fully saturated rings. The molecule has 4 aliphatic rings. The second-order valence-corrected chi connectivity index (χ2v) is 11.3. The van der Waals surface area contributed by atoms with Crippen molar-refractivity contribution in [3.63, 3.8) is 0 Å². The van der Waals surface area contributed by atoms with E-state index < -0.39 is 41.7 Å². The molecule has 3 saturated heterocycles. The van der Waals surface area contributed by atoms with Gasteiger partial charge in [-0.05, 0) is 59.9 Å². The third-order valence-electron chi connectivity index (χ3n) is 8.83. The fourth-order valence-corrected chi connectivity index (χ4v) is 6.60. The van der Waals surface area contributed by atoms with Crippen LogP contribution in [-0.2, 0) is 41.5 Å². The van der Waals surface area contributed by atoms with E-state index in [0.29, 0.717) is 26.1 Å². The molecule has 40 heavy (non-hydrogen) atoms. The van der Waals surface area contributed by atoms with Gasteiger partial charge in [0.15, 0.2) is 0 Å². The molecule has 2 aromatic carbocycles. The molecule has 2 aromatic rings. The molecule has 6 rings (SSSR count). The third-order valence-corrected chi connectivity index (χ3v) is 8.83. The van der Waals surface area contributed by atoms with Crippen LogP contribution in [0, 0.1) is 5.92 Å². The lowest BCUT2D eigenvalue weighted by Crippen LogP contribution is -2.69. The normalized spacial score (nSPS) is 28.9. The molecule has 214 valence electrons. The second-order valence-electron chi connectivity index (χ2n) is 11.3. The molecule has 0 saturated carbocycles. The van der Waals surface area contributed by atoms with Gasteiger partial charge < -0.3 is 34.1 Å². The Morgan fingerprint density at radius 1 is 0.975 bits per heavy atom. The van der Waals surface area contributed by atoms with Gasteiger partial charge in [-0.2, -0.15) is 0 Å². The van der Waals surface area contributed by atoms with Gasteiger partial charge in [0.05, 0.1) is 25.9 Å². The van der Waals surface area contributed by atoms with Gasteiger partial charge in [0.1, 0.15) is 12.6 Å². The largest absolute Gasteiger partial charge is 0.480 e. The molecular weight excluding hydrogens is 514 g/mol. The van der Waals surface area contributed by atoms with Crippen LogP contribution in [0.15, 0.2) is 42.5 Å². The van der Waals surface area contributed by atoms with Crippen molar-refractivity contribution in [3.8, 4) is 11.1 Å². The number of benzene rings is 2. The highest BCUT2D eigenvalue weighted by molar-refractivity contribution is 5.80. The lowest BCUT2D eigenvalue weighted by molar-refractivity contribution is -0.469. The van der Waals surface area contributed by atoms with E-state index in [1.165, 1.54) is 11.1 Å². The lowest BCUT2D eigenvalue weighted by Gasteiger charge is -2.56. The molecule has 0 aromatic heterocycles. The Morgan fingerprint density at radius 2 is 1.70 bits per heavy atom. The maximum Gasteiger partial charge on any atom is 0.408 e. The summed E-state index contributed by atoms with van der Waals surface area (Å²) < 4.78 is 30.8. The second kappa shape index (κ2) is 11.1. The van der Waals surface area contributed by atoms with Gasteiger partial charge in [-0.15, -0.1) is 0 Å². The number of carboxylic acids is 1. The molecule has 9 nitrogen and oxygen atoms in total. The number of fused-ring (bicyclic) bond motifs is 4. The van der Waals surface area contributed by atoms with Gasteiger partial charge in [0.25, 0.3) is 0 Å². The van der Waals surface area contributed by atoms with E-state index in [1.807, 2.05) is 24.3 Å². The lowest BCUT2D eigenvalue weighted by atomic mass is 9.87. The molecule has 1 amide bonds. The predicted molar refractivity (Wildman–Crippen MR) is 144 cm³/mol. The Balaban J connectivity index is 1.12. The van der Waals surface area contributed by atoms with Crippen LogP contribution < -0.4 is 5.32 Å². The maximum absolute atomic E-state index is 12.9. The summed E-state index contributed by atoms with van der Waals surface area (Å²) in [7, 11) is 0. The summed E-state index contributed by atoms with van der Waals surface area (Å²) in [5.41, 5.74) is 5.61. The Bertz CT molecular complexity index is 1250. The number of carbonyl (C=O) groups excluding carboxylic acids is 1. The van der Waals surface area contributed by atoms with Crippen molar-refractivity contribution in [2.24, 2.45) is 5.92 Å². The van der Waals surface area contributed by atoms with Crippen LogP contribution in [0.5, 0.6) is 0 Å². The molecule has 3 aliphatic heterocycles. The summed E-state index contributed by atoms with van der Waals surface area (Å²) in [5, 5.41) is 12.6. The van der Waals surface area contributed by atoms with E-state index in [9.17, 15) is 14.7 Å². The number of carbonyl (C=O) groups is 2. The standard InChI is InChI=1S/C31H37NO8/c1-20(26-19-39-30(13-4-6-15-37-30)31(40-26)14-5-7-16-38-31)27(28(33)34)32-29(35)36-18-22-10-8-12-24-23-11-3-2-9-21(23)17-25(22)24/h2-3,8-12,20,26-27H,4-7,13-19H2,1H3,(H,32,35)(H,33,34)/t20-,26-,27-,30?,31?/m0/s1. The highest BCUT2D eigenvalue weighted by Gasteiger charge is 2.62. The highest BCUT2D eigenvalue weighted by Crippen LogP contribution is 2.48. The van der Waals surface area contributed by atoms with Crippen molar-refractivity contribution in [2.45, 2.75) is 82.2 Å². The predicted octanol–water partition coefficient (Wildman–Crippen LogP) is 4.78. The van der Waals surface area contributed by atoms with Crippen LogP contribution >= 0.6 is 0 Å². The number of alkyl carbamates (subject to hydrolysis) is 1. The number of nitrogens with one attached hydrogen (secondary N) is 1. The van der Waals surface area contributed by atoms with Crippen molar-refractivity contribution in [2.75, 3.05) is 19.8 Å². The first-order chi connectivity index (χ1) is 19.4. The van der Waals surface area contributed by atoms with Crippen LogP contribution in [0.25, 0.3) is 11.1 Å². The summed E-state index contributed by atoms with van der Waals surface area (Å²) in [5.74, 6) is -3.86. The summed E-state index contributed by atoms with van der Waals surface area (Å²) in [4.78, 5) is 25.2. The van der Waals surface area contributed by atoms with Crippen molar-refractivity contribution in [1.82, 2.24) is 5.32 Å². The Morgan fingerprint density at radius 3 is 2.42 bits per heavy atom. The fraction of sp³-hybridized carbons (Fsp3) is 0.548. The Kier molecular flexibility index (Phi) is 7.56. The molecule has 2 N–H and O–H groups in total. The fourth-order valence-electron chi connectivity index (χ4n) is 6.60. The Hall–Kier alpha value is -2.98. The molecule has 3 heterocycles. The Labute approximate surface area is 234 Å². The number of ether oxygens (including phenoxy) is 5. The number of amides is 1. The van der Waals surface area contributed by atoms with Crippen molar-refractivity contribution >= 4 is 12.1 Å². The molecular formula is C31H37NO8. The van der Waals surface area contributed by atoms with Gasteiger partial charge >= 0.3 is 12.1 Å².